The van der Waals surface area contributed by atoms with Crippen molar-refractivity contribution < 1.29 is 14.1 Å². The number of hydrogen-bond acceptors (Lipinski definition) is 6. The molecule has 11 nitrogen and oxygen atoms in total. The number of quaternary nitrogens is 1. The molecule has 3 amide bonds. The van der Waals surface area contributed by atoms with Crippen LogP contribution in [0.2, 0.25) is 0 Å². The zero-order chi connectivity index (χ0) is 28.8. The minimum Gasteiger partial charge on any atom is -0.338 e. The summed E-state index contributed by atoms with van der Waals surface area (Å²) in [5.41, 5.74) is 12.4. The first-order valence-electron chi connectivity index (χ1n) is 14.3. The molecule has 3 heterocycles. The first-order valence-corrected chi connectivity index (χ1v) is 14.3. The van der Waals surface area contributed by atoms with E-state index in [1.54, 1.807) is 35.9 Å². The predicted octanol–water partition coefficient (Wildman–Crippen LogP) is 0.858. The van der Waals surface area contributed by atoms with Gasteiger partial charge in [-0.1, -0.05) is 12.1 Å². The third kappa shape index (κ3) is 5.63. The standard InChI is InChI=1S/C29H42N8O3/c1-19(37(4)17-23-22(16-30)24(23)18-37)15-20-5-7-21(8-6-20)36-10-9-25(33-28(36)40)32-27(39)35-13-11-34(12-14-35)26(38)29(2,3)31/h5-10,19,22-24H,11-18,30-31H2,1-4H3/p+1. The minimum atomic E-state index is -0.945. The second-order valence-electron chi connectivity index (χ2n) is 12.7. The molecular weight excluding hydrogens is 508 g/mol. The number of anilines is 1. The Morgan fingerprint density at radius 3 is 2.23 bits per heavy atom. The molecular formula is C29H43N8O3+. The number of benzene rings is 1. The summed E-state index contributed by atoms with van der Waals surface area (Å²) < 4.78 is 2.57. The number of piperidine rings is 1. The van der Waals surface area contributed by atoms with Crippen molar-refractivity contribution >= 4 is 17.8 Å². The molecule has 5 N–H and O–H groups in total. The van der Waals surface area contributed by atoms with E-state index in [2.05, 4.69) is 36.4 Å². The molecule has 0 spiro atoms. The van der Waals surface area contributed by atoms with E-state index < -0.39 is 11.2 Å². The molecule has 3 aliphatic rings. The minimum absolute atomic E-state index is 0.139. The Labute approximate surface area is 235 Å². The van der Waals surface area contributed by atoms with E-state index in [4.69, 9.17) is 11.5 Å². The number of aromatic nitrogens is 2. The van der Waals surface area contributed by atoms with Crippen molar-refractivity contribution in [3.63, 3.8) is 0 Å². The zero-order valence-corrected chi connectivity index (χ0v) is 24.0. The lowest BCUT2D eigenvalue weighted by molar-refractivity contribution is -0.925. The summed E-state index contributed by atoms with van der Waals surface area (Å²) in [5, 5.41) is 2.70. The number of carbonyl (C=O) groups is 2. The summed E-state index contributed by atoms with van der Waals surface area (Å²) in [5.74, 6) is 2.39. The lowest BCUT2D eigenvalue weighted by Crippen LogP contribution is -2.58. The Morgan fingerprint density at radius 1 is 1.07 bits per heavy atom. The van der Waals surface area contributed by atoms with Crippen LogP contribution in [0.25, 0.3) is 5.69 Å². The fourth-order valence-electron chi connectivity index (χ4n) is 6.55. The highest BCUT2D eigenvalue weighted by atomic mass is 16.2. The Kier molecular flexibility index (Phi) is 7.49. The van der Waals surface area contributed by atoms with Crippen molar-refractivity contribution in [3.05, 3.63) is 52.6 Å². The third-order valence-corrected chi connectivity index (χ3v) is 9.29. The largest absolute Gasteiger partial charge is 0.354 e. The molecule has 40 heavy (non-hydrogen) atoms. The van der Waals surface area contributed by atoms with E-state index in [1.165, 1.54) is 23.2 Å². The number of nitrogens with zero attached hydrogens (tertiary/aromatic N) is 5. The lowest BCUT2D eigenvalue weighted by atomic mass is 10.0. The van der Waals surface area contributed by atoms with Gasteiger partial charge in [0, 0.05) is 50.6 Å². The van der Waals surface area contributed by atoms with Crippen LogP contribution in [0.1, 0.15) is 26.3 Å². The van der Waals surface area contributed by atoms with E-state index in [0.717, 1.165) is 40.9 Å². The van der Waals surface area contributed by atoms with Crippen LogP contribution in [0.3, 0.4) is 0 Å². The van der Waals surface area contributed by atoms with Crippen molar-refractivity contribution in [2.24, 2.45) is 29.2 Å². The van der Waals surface area contributed by atoms with Crippen molar-refractivity contribution in [1.82, 2.24) is 19.4 Å². The molecule has 5 rings (SSSR count). The summed E-state index contributed by atoms with van der Waals surface area (Å²) in [6.07, 6.45) is 2.60. The van der Waals surface area contributed by atoms with E-state index in [0.29, 0.717) is 32.2 Å². The van der Waals surface area contributed by atoms with Gasteiger partial charge in [-0.05, 0) is 57.0 Å². The number of piperazine rings is 1. The fourth-order valence-corrected chi connectivity index (χ4v) is 6.55. The Hall–Kier alpha value is -3.28. The smallest absolute Gasteiger partial charge is 0.338 e. The molecule has 0 bridgehead atoms. The van der Waals surface area contributed by atoms with Gasteiger partial charge in [0.2, 0.25) is 5.91 Å². The average molecular weight is 552 g/mol. The fraction of sp³-hybridized carbons (Fsp3) is 0.586. The van der Waals surface area contributed by atoms with Gasteiger partial charge in [0.15, 0.2) is 0 Å². The average Bonchev–Trinajstić information content (AvgIpc) is 3.42. The molecule has 3 atom stereocenters. The summed E-state index contributed by atoms with van der Waals surface area (Å²) in [6, 6.07) is 9.82. The Bertz CT molecular complexity index is 1300. The van der Waals surface area contributed by atoms with E-state index >= 15 is 0 Å². The van der Waals surface area contributed by atoms with Gasteiger partial charge in [0.05, 0.1) is 37.4 Å². The molecule has 1 aromatic heterocycles. The van der Waals surface area contributed by atoms with E-state index in [9.17, 15) is 14.4 Å². The van der Waals surface area contributed by atoms with Crippen LogP contribution in [0.5, 0.6) is 0 Å². The van der Waals surface area contributed by atoms with Gasteiger partial charge < -0.3 is 25.8 Å². The van der Waals surface area contributed by atoms with Crippen LogP contribution in [0.15, 0.2) is 41.3 Å². The lowest BCUT2D eigenvalue weighted by Gasteiger charge is -2.38. The van der Waals surface area contributed by atoms with Gasteiger partial charge in [-0.15, -0.1) is 0 Å². The maximum Gasteiger partial charge on any atom is 0.354 e. The normalized spacial score (nSPS) is 26.8. The zero-order valence-electron chi connectivity index (χ0n) is 24.0. The van der Waals surface area contributed by atoms with Crippen LogP contribution in [-0.2, 0) is 11.2 Å². The SMILES string of the molecule is CC(Cc1ccc(-n2ccc(NC(=O)N3CCN(C(=O)C(C)(C)N)CC3)nc2=O)cc1)[N+]1(C)CC2C(CN)C2C1. The van der Waals surface area contributed by atoms with Crippen molar-refractivity contribution in [2.45, 2.75) is 38.8 Å². The van der Waals surface area contributed by atoms with Crippen LogP contribution in [0, 0.1) is 17.8 Å². The van der Waals surface area contributed by atoms with Crippen molar-refractivity contribution in [2.75, 3.05) is 58.2 Å². The van der Waals surface area contributed by atoms with Crippen molar-refractivity contribution in [1.29, 1.82) is 0 Å². The van der Waals surface area contributed by atoms with E-state index in [1.807, 2.05) is 12.1 Å². The Balaban J connectivity index is 1.15. The van der Waals surface area contributed by atoms with Gasteiger partial charge in [0.25, 0.3) is 0 Å². The number of hydrogen-bond donors (Lipinski definition) is 3. The number of nitrogens with two attached hydrogens (primary N) is 2. The number of amides is 3. The summed E-state index contributed by atoms with van der Waals surface area (Å²) >= 11 is 0. The summed E-state index contributed by atoms with van der Waals surface area (Å²) in [7, 11) is 2.37. The van der Waals surface area contributed by atoms with Crippen LogP contribution in [0.4, 0.5) is 10.6 Å². The first kappa shape index (κ1) is 28.3. The molecule has 1 saturated carbocycles. The van der Waals surface area contributed by atoms with Gasteiger partial charge >= 0.3 is 11.7 Å². The highest BCUT2D eigenvalue weighted by Crippen LogP contribution is 2.54. The molecule has 3 unspecified atom stereocenters. The summed E-state index contributed by atoms with van der Waals surface area (Å²) in [4.78, 5) is 45.2. The van der Waals surface area contributed by atoms with E-state index in [-0.39, 0.29) is 17.8 Å². The second-order valence-corrected chi connectivity index (χ2v) is 12.7. The molecule has 216 valence electrons. The number of fused-ring (bicyclic) bond motifs is 1. The van der Waals surface area contributed by atoms with Crippen molar-refractivity contribution in [3.8, 4) is 5.69 Å². The van der Waals surface area contributed by atoms with Gasteiger partial charge in [-0.25, -0.2) is 9.59 Å². The van der Waals surface area contributed by atoms with Gasteiger partial charge in [0.1, 0.15) is 5.82 Å². The highest BCUT2D eigenvalue weighted by molar-refractivity contribution is 5.89. The van der Waals surface area contributed by atoms with Crippen LogP contribution >= 0.6 is 0 Å². The molecule has 0 radical (unpaired) electrons. The highest BCUT2D eigenvalue weighted by Gasteiger charge is 2.62. The Morgan fingerprint density at radius 2 is 1.68 bits per heavy atom. The monoisotopic (exact) mass is 551 g/mol. The maximum absolute atomic E-state index is 12.8. The molecule has 1 aromatic carbocycles. The van der Waals surface area contributed by atoms with Crippen LogP contribution < -0.4 is 22.5 Å². The molecule has 3 fully saturated rings. The third-order valence-electron chi connectivity index (χ3n) is 9.29. The number of nitrogens with one attached hydrogen (secondary N) is 1. The van der Waals surface area contributed by atoms with Gasteiger partial charge in [-0.3, -0.25) is 14.7 Å². The molecule has 11 heteroatoms. The second kappa shape index (κ2) is 10.6. The van der Waals surface area contributed by atoms with Crippen LogP contribution in [-0.4, -0.2) is 100 Å². The number of likely N-dealkylation sites (N-methyl/N-ethyl adjacent to an activating group) is 1. The summed E-state index contributed by atoms with van der Waals surface area (Å²) in [6.45, 7) is 10.5. The quantitative estimate of drug-likeness (QED) is 0.436. The molecule has 2 saturated heterocycles. The molecule has 1 aliphatic carbocycles. The maximum atomic E-state index is 12.8. The van der Waals surface area contributed by atoms with Gasteiger partial charge in [-0.2, -0.15) is 4.98 Å². The molecule has 2 aromatic rings. The first-order chi connectivity index (χ1) is 18.9. The topological polar surface area (TPSA) is 140 Å². The molecule has 2 aliphatic heterocycles. The number of rotatable bonds is 7. The predicted molar refractivity (Wildman–Crippen MR) is 154 cm³/mol. The number of likely N-dealkylation sites (tertiary alicyclic amines) is 1. The number of urea groups is 1. The number of carbonyl (C=O) groups excluding carboxylic acids is 2.